The quantitative estimate of drug-likeness (QED) is 0.730. The predicted molar refractivity (Wildman–Crippen MR) is 56.1 cm³/mol. The molecule has 0 amide bonds. The third kappa shape index (κ3) is 3.01. The normalized spacial score (nSPS) is 21.2. The maximum absolute atomic E-state index is 5.52. The van der Waals surface area contributed by atoms with Crippen molar-refractivity contribution in [3.05, 3.63) is 11.7 Å². The summed E-state index contributed by atoms with van der Waals surface area (Å²) in [6.45, 7) is 5.59. The largest absolute Gasteiger partial charge is 0.381 e. The van der Waals surface area contributed by atoms with E-state index in [1.807, 2.05) is 6.92 Å². The van der Waals surface area contributed by atoms with Crippen LogP contribution in [0.1, 0.15) is 24.7 Å². The number of ether oxygens (including phenoxy) is 2. The summed E-state index contributed by atoms with van der Waals surface area (Å²) in [5.41, 5.74) is 0. The summed E-state index contributed by atoms with van der Waals surface area (Å²) < 4.78 is 15.9. The van der Waals surface area contributed by atoms with Crippen molar-refractivity contribution in [3.63, 3.8) is 0 Å². The van der Waals surface area contributed by atoms with Gasteiger partial charge >= 0.3 is 0 Å². The monoisotopic (exact) mass is 227 g/mol. The van der Waals surface area contributed by atoms with Crippen molar-refractivity contribution in [1.29, 1.82) is 0 Å². The van der Waals surface area contributed by atoms with E-state index in [1.54, 1.807) is 0 Å². The lowest BCUT2D eigenvalue weighted by Crippen LogP contribution is -2.33. The lowest BCUT2D eigenvalue weighted by Gasteiger charge is -2.20. The van der Waals surface area contributed by atoms with E-state index >= 15 is 0 Å². The van der Waals surface area contributed by atoms with Crippen molar-refractivity contribution in [2.45, 2.75) is 19.4 Å². The van der Waals surface area contributed by atoms with Crippen LogP contribution in [0.5, 0.6) is 0 Å². The molecule has 0 aliphatic carbocycles. The molecule has 90 valence electrons. The summed E-state index contributed by atoms with van der Waals surface area (Å²) >= 11 is 0. The zero-order valence-electron chi connectivity index (χ0n) is 9.44. The zero-order valence-corrected chi connectivity index (χ0v) is 9.44. The van der Waals surface area contributed by atoms with Gasteiger partial charge in [-0.05, 0) is 6.92 Å². The first-order valence-corrected chi connectivity index (χ1v) is 5.62. The second kappa shape index (κ2) is 5.93. The SMILES string of the molecule is CCOCCc1nc(C2CNCCO2)no1. The van der Waals surface area contributed by atoms with Gasteiger partial charge in [0.25, 0.3) is 0 Å². The molecule has 1 atom stereocenters. The summed E-state index contributed by atoms with van der Waals surface area (Å²) in [4.78, 5) is 4.28. The molecule has 0 spiro atoms. The van der Waals surface area contributed by atoms with Crippen LogP contribution in [0.25, 0.3) is 0 Å². The lowest BCUT2D eigenvalue weighted by molar-refractivity contribution is 0.0208. The fourth-order valence-electron chi connectivity index (χ4n) is 1.54. The maximum atomic E-state index is 5.52. The number of hydrogen-bond donors (Lipinski definition) is 1. The van der Waals surface area contributed by atoms with Crippen LogP contribution in [0, 0.1) is 0 Å². The van der Waals surface area contributed by atoms with Crippen LogP contribution in [-0.2, 0) is 15.9 Å². The second-order valence-corrected chi connectivity index (χ2v) is 3.56. The highest BCUT2D eigenvalue weighted by molar-refractivity contribution is 4.93. The Bertz CT molecular complexity index is 310. The Hall–Kier alpha value is -0.980. The van der Waals surface area contributed by atoms with Gasteiger partial charge in [0.05, 0.1) is 19.6 Å². The van der Waals surface area contributed by atoms with E-state index in [0.29, 0.717) is 38.0 Å². The smallest absolute Gasteiger partial charge is 0.229 e. The van der Waals surface area contributed by atoms with Gasteiger partial charge in [0.15, 0.2) is 0 Å². The van der Waals surface area contributed by atoms with Gasteiger partial charge in [-0.15, -0.1) is 0 Å². The third-order valence-electron chi connectivity index (χ3n) is 2.36. The molecule has 1 N–H and O–H groups in total. The number of hydrogen-bond acceptors (Lipinski definition) is 6. The molecule has 0 radical (unpaired) electrons. The van der Waals surface area contributed by atoms with Crippen LogP contribution in [0.4, 0.5) is 0 Å². The minimum Gasteiger partial charge on any atom is -0.381 e. The Morgan fingerprint density at radius 2 is 2.50 bits per heavy atom. The molecular weight excluding hydrogens is 210 g/mol. The molecule has 16 heavy (non-hydrogen) atoms. The van der Waals surface area contributed by atoms with Gasteiger partial charge in [-0.1, -0.05) is 5.16 Å². The molecule has 1 aliphatic rings. The second-order valence-electron chi connectivity index (χ2n) is 3.56. The van der Waals surface area contributed by atoms with E-state index in [2.05, 4.69) is 15.5 Å². The van der Waals surface area contributed by atoms with Crippen molar-refractivity contribution in [1.82, 2.24) is 15.5 Å². The average molecular weight is 227 g/mol. The Morgan fingerprint density at radius 3 is 3.25 bits per heavy atom. The van der Waals surface area contributed by atoms with Crippen molar-refractivity contribution in [2.75, 3.05) is 32.9 Å². The van der Waals surface area contributed by atoms with E-state index in [0.717, 1.165) is 13.1 Å². The zero-order chi connectivity index (χ0) is 11.2. The first kappa shape index (κ1) is 11.5. The summed E-state index contributed by atoms with van der Waals surface area (Å²) in [7, 11) is 0. The van der Waals surface area contributed by atoms with Crippen LogP contribution >= 0.6 is 0 Å². The van der Waals surface area contributed by atoms with Gasteiger partial charge in [-0.25, -0.2) is 0 Å². The van der Waals surface area contributed by atoms with Crippen LogP contribution in [-0.4, -0.2) is 43.1 Å². The molecule has 6 heteroatoms. The van der Waals surface area contributed by atoms with Crippen LogP contribution in [0.15, 0.2) is 4.52 Å². The highest BCUT2D eigenvalue weighted by atomic mass is 16.5. The van der Waals surface area contributed by atoms with Gasteiger partial charge in [0.1, 0.15) is 6.10 Å². The van der Waals surface area contributed by atoms with E-state index in [1.165, 1.54) is 0 Å². The Morgan fingerprint density at radius 1 is 1.56 bits per heavy atom. The highest BCUT2D eigenvalue weighted by Crippen LogP contribution is 2.15. The fourth-order valence-corrected chi connectivity index (χ4v) is 1.54. The molecule has 6 nitrogen and oxygen atoms in total. The van der Waals surface area contributed by atoms with Crippen LogP contribution in [0.3, 0.4) is 0 Å². The number of aromatic nitrogens is 2. The summed E-state index contributed by atoms with van der Waals surface area (Å²) in [5, 5.41) is 7.14. The van der Waals surface area contributed by atoms with E-state index in [9.17, 15) is 0 Å². The molecule has 1 aromatic heterocycles. The predicted octanol–water partition coefficient (Wildman–Crippen LogP) is 0.310. The molecule has 1 aliphatic heterocycles. The first-order valence-electron chi connectivity index (χ1n) is 5.62. The van der Waals surface area contributed by atoms with E-state index in [4.69, 9.17) is 14.0 Å². The van der Waals surface area contributed by atoms with Crippen LogP contribution < -0.4 is 5.32 Å². The standard InChI is InChI=1S/C10H17N3O3/c1-2-14-5-3-9-12-10(13-16-9)8-7-11-4-6-15-8/h8,11H,2-7H2,1H3. The number of rotatable bonds is 5. The van der Waals surface area contributed by atoms with Crippen molar-refractivity contribution < 1.29 is 14.0 Å². The maximum Gasteiger partial charge on any atom is 0.229 e. The molecule has 0 saturated carbocycles. The number of nitrogens with one attached hydrogen (secondary N) is 1. The fraction of sp³-hybridized carbons (Fsp3) is 0.800. The molecule has 1 fully saturated rings. The topological polar surface area (TPSA) is 69.4 Å². The van der Waals surface area contributed by atoms with Crippen molar-refractivity contribution in [3.8, 4) is 0 Å². The summed E-state index contributed by atoms with van der Waals surface area (Å²) in [5.74, 6) is 1.23. The number of morpholine rings is 1. The molecule has 0 aromatic carbocycles. The molecular formula is C10H17N3O3. The van der Waals surface area contributed by atoms with Gasteiger partial charge in [0.2, 0.25) is 11.7 Å². The Labute approximate surface area is 94.3 Å². The van der Waals surface area contributed by atoms with Gasteiger partial charge in [-0.2, -0.15) is 4.98 Å². The Balaban J connectivity index is 1.85. The van der Waals surface area contributed by atoms with Crippen LogP contribution in [0.2, 0.25) is 0 Å². The van der Waals surface area contributed by atoms with Gasteiger partial charge in [-0.3, -0.25) is 0 Å². The average Bonchev–Trinajstić information content (AvgIpc) is 2.79. The van der Waals surface area contributed by atoms with Crippen molar-refractivity contribution >= 4 is 0 Å². The van der Waals surface area contributed by atoms with E-state index in [-0.39, 0.29) is 6.10 Å². The molecule has 0 bridgehead atoms. The molecule has 2 heterocycles. The third-order valence-corrected chi connectivity index (χ3v) is 2.36. The van der Waals surface area contributed by atoms with E-state index < -0.39 is 0 Å². The minimum absolute atomic E-state index is 0.0849. The molecule has 2 rings (SSSR count). The van der Waals surface area contributed by atoms with Gasteiger partial charge in [0, 0.05) is 19.7 Å². The first-order chi connectivity index (χ1) is 7.90. The Kier molecular flexibility index (Phi) is 4.26. The molecule has 1 saturated heterocycles. The van der Waals surface area contributed by atoms with Gasteiger partial charge < -0.3 is 19.3 Å². The lowest BCUT2D eigenvalue weighted by atomic mass is 10.3. The highest BCUT2D eigenvalue weighted by Gasteiger charge is 2.21. The summed E-state index contributed by atoms with van der Waals surface area (Å²) in [6, 6.07) is 0. The minimum atomic E-state index is -0.0849. The molecule has 1 unspecified atom stereocenters. The van der Waals surface area contributed by atoms with Crippen molar-refractivity contribution in [2.24, 2.45) is 0 Å². The summed E-state index contributed by atoms with van der Waals surface area (Å²) in [6.07, 6.45) is 0.569. The number of nitrogens with zero attached hydrogens (tertiary/aromatic N) is 2. The molecule has 1 aromatic rings.